The molecule has 1 atom stereocenters. The standard InChI is InChI=1S/C12H12Cl2O3/c1-7(14)11(15)10-5-8(12(16)17-2)3-4-9(10)6-13/h3-5,7H,6H2,1-2H3. The van der Waals surface area contributed by atoms with Gasteiger partial charge in [0.1, 0.15) is 0 Å². The lowest BCUT2D eigenvalue weighted by molar-refractivity contribution is 0.0600. The second kappa shape index (κ2) is 6.03. The Morgan fingerprint density at radius 3 is 2.53 bits per heavy atom. The molecular weight excluding hydrogens is 263 g/mol. The van der Waals surface area contributed by atoms with E-state index >= 15 is 0 Å². The maximum absolute atomic E-state index is 11.8. The van der Waals surface area contributed by atoms with Crippen molar-refractivity contribution in [3.05, 3.63) is 34.9 Å². The molecule has 0 heterocycles. The van der Waals surface area contributed by atoms with E-state index in [0.717, 1.165) is 0 Å². The van der Waals surface area contributed by atoms with Crippen LogP contribution in [0.3, 0.4) is 0 Å². The number of hydrogen-bond acceptors (Lipinski definition) is 3. The second-order valence-corrected chi connectivity index (χ2v) is 4.40. The Balaban J connectivity index is 3.24. The molecule has 0 aliphatic heterocycles. The van der Waals surface area contributed by atoms with Gasteiger partial charge in [-0.1, -0.05) is 6.07 Å². The van der Waals surface area contributed by atoms with Gasteiger partial charge < -0.3 is 4.74 Å². The molecule has 0 bridgehead atoms. The molecule has 0 radical (unpaired) electrons. The summed E-state index contributed by atoms with van der Waals surface area (Å²) in [6.07, 6.45) is 0. The van der Waals surface area contributed by atoms with Crippen LogP contribution in [0, 0.1) is 0 Å². The number of ether oxygens (including phenoxy) is 1. The van der Waals surface area contributed by atoms with E-state index in [2.05, 4.69) is 4.74 Å². The van der Waals surface area contributed by atoms with Crippen molar-refractivity contribution in [1.29, 1.82) is 0 Å². The number of alkyl halides is 2. The Hall–Kier alpha value is -1.06. The number of hydrogen-bond donors (Lipinski definition) is 0. The van der Waals surface area contributed by atoms with Gasteiger partial charge in [0.2, 0.25) is 0 Å². The number of carbonyl (C=O) groups excluding carboxylic acids is 2. The van der Waals surface area contributed by atoms with Crippen LogP contribution in [0.25, 0.3) is 0 Å². The summed E-state index contributed by atoms with van der Waals surface area (Å²) in [5.41, 5.74) is 1.32. The number of halogens is 2. The van der Waals surface area contributed by atoms with Crippen molar-refractivity contribution < 1.29 is 14.3 Å². The normalized spacial score (nSPS) is 12.0. The fourth-order valence-corrected chi connectivity index (χ4v) is 1.73. The lowest BCUT2D eigenvalue weighted by Crippen LogP contribution is -2.14. The molecule has 0 fully saturated rings. The third-order valence-corrected chi connectivity index (χ3v) is 2.79. The maximum atomic E-state index is 11.8. The van der Waals surface area contributed by atoms with E-state index in [9.17, 15) is 9.59 Å². The average molecular weight is 275 g/mol. The third kappa shape index (κ3) is 3.20. The Morgan fingerprint density at radius 2 is 2.06 bits per heavy atom. The molecule has 0 saturated carbocycles. The van der Waals surface area contributed by atoms with Crippen molar-refractivity contribution in [2.45, 2.75) is 18.2 Å². The summed E-state index contributed by atoms with van der Waals surface area (Å²) in [6, 6.07) is 4.66. The monoisotopic (exact) mass is 274 g/mol. The van der Waals surface area contributed by atoms with Crippen LogP contribution < -0.4 is 0 Å². The maximum Gasteiger partial charge on any atom is 0.337 e. The highest BCUT2D eigenvalue weighted by Gasteiger charge is 2.18. The van der Waals surface area contributed by atoms with Gasteiger partial charge in [0.15, 0.2) is 5.78 Å². The lowest BCUT2D eigenvalue weighted by atomic mass is 10.00. The molecule has 5 heteroatoms. The molecule has 3 nitrogen and oxygen atoms in total. The van der Waals surface area contributed by atoms with Crippen LogP contribution in [0.4, 0.5) is 0 Å². The SMILES string of the molecule is COC(=O)c1ccc(CCl)c(C(=O)C(C)Cl)c1. The van der Waals surface area contributed by atoms with E-state index in [4.69, 9.17) is 23.2 Å². The minimum Gasteiger partial charge on any atom is -0.465 e. The quantitative estimate of drug-likeness (QED) is 0.482. The highest BCUT2D eigenvalue weighted by atomic mass is 35.5. The van der Waals surface area contributed by atoms with Gasteiger partial charge in [0, 0.05) is 11.4 Å². The van der Waals surface area contributed by atoms with E-state index < -0.39 is 11.3 Å². The van der Waals surface area contributed by atoms with Crippen LogP contribution >= 0.6 is 23.2 Å². The van der Waals surface area contributed by atoms with Crippen molar-refractivity contribution >= 4 is 35.0 Å². The number of rotatable bonds is 4. The fraction of sp³-hybridized carbons (Fsp3) is 0.333. The Bertz CT molecular complexity index is 441. The lowest BCUT2D eigenvalue weighted by Gasteiger charge is -2.09. The first-order valence-electron chi connectivity index (χ1n) is 4.96. The smallest absolute Gasteiger partial charge is 0.337 e. The highest BCUT2D eigenvalue weighted by Crippen LogP contribution is 2.18. The third-order valence-electron chi connectivity index (χ3n) is 2.30. The zero-order valence-electron chi connectivity index (χ0n) is 9.50. The molecule has 1 aromatic rings. The average Bonchev–Trinajstić information content (AvgIpc) is 2.35. The molecule has 0 aliphatic carbocycles. The molecule has 0 aliphatic rings. The fourth-order valence-electron chi connectivity index (χ4n) is 1.38. The molecule has 92 valence electrons. The molecule has 0 aromatic heterocycles. The Labute approximate surface area is 110 Å². The van der Waals surface area contributed by atoms with Crippen LogP contribution in [-0.4, -0.2) is 24.2 Å². The molecule has 0 N–H and O–H groups in total. The van der Waals surface area contributed by atoms with Gasteiger partial charge in [-0.15, -0.1) is 23.2 Å². The van der Waals surface area contributed by atoms with Crippen molar-refractivity contribution in [3.63, 3.8) is 0 Å². The van der Waals surface area contributed by atoms with Gasteiger partial charge in [-0.2, -0.15) is 0 Å². The molecule has 0 saturated heterocycles. The van der Waals surface area contributed by atoms with Gasteiger partial charge >= 0.3 is 5.97 Å². The van der Waals surface area contributed by atoms with Crippen LogP contribution in [0.2, 0.25) is 0 Å². The number of Topliss-reactive ketones (excluding diaryl/α,β-unsaturated/α-hetero) is 1. The summed E-state index contributed by atoms with van der Waals surface area (Å²) >= 11 is 11.5. The predicted molar refractivity (Wildman–Crippen MR) is 67.0 cm³/mol. The van der Waals surface area contributed by atoms with Crippen LogP contribution in [0.1, 0.15) is 33.2 Å². The second-order valence-electron chi connectivity index (χ2n) is 3.48. The highest BCUT2D eigenvalue weighted by molar-refractivity contribution is 6.34. The molecule has 17 heavy (non-hydrogen) atoms. The van der Waals surface area contributed by atoms with E-state index in [1.54, 1.807) is 19.1 Å². The number of carbonyl (C=O) groups is 2. The van der Waals surface area contributed by atoms with Gasteiger partial charge in [-0.3, -0.25) is 4.79 Å². The summed E-state index contributed by atoms with van der Waals surface area (Å²) in [5, 5.41) is -0.662. The summed E-state index contributed by atoms with van der Waals surface area (Å²) < 4.78 is 4.59. The number of esters is 1. The first-order valence-corrected chi connectivity index (χ1v) is 5.93. The number of benzene rings is 1. The zero-order chi connectivity index (χ0) is 13.0. The minimum atomic E-state index is -0.662. The summed E-state index contributed by atoms with van der Waals surface area (Å²) in [5.74, 6) is -0.568. The van der Waals surface area contributed by atoms with E-state index in [1.165, 1.54) is 13.2 Å². The van der Waals surface area contributed by atoms with Crippen LogP contribution in [0.15, 0.2) is 18.2 Å². The molecule has 0 amide bonds. The minimum absolute atomic E-state index is 0.187. The largest absolute Gasteiger partial charge is 0.465 e. The molecule has 1 rings (SSSR count). The van der Waals surface area contributed by atoms with Crippen molar-refractivity contribution in [1.82, 2.24) is 0 Å². The first kappa shape index (κ1) is 14.0. The van der Waals surface area contributed by atoms with E-state index in [1.807, 2.05) is 0 Å². The molecular formula is C12H12Cl2O3. The Kier molecular flexibility index (Phi) is 4.97. The summed E-state index contributed by atoms with van der Waals surface area (Å²) in [4.78, 5) is 23.2. The van der Waals surface area contributed by atoms with E-state index in [0.29, 0.717) is 16.7 Å². The Morgan fingerprint density at radius 1 is 1.41 bits per heavy atom. The van der Waals surface area contributed by atoms with E-state index in [-0.39, 0.29) is 11.7 Å². The summed E-state index contributed by atoms with van der Waals surface area (Å²) in [6.45, 7) is 1.58. The van der Waals surface area contributed by atoms with Crippen LogP contribution in [0.5, 0.6) is 0 Å². The molecule has 1 aromatic carbocycles. The first-order chi connectivity index (χ1) is 8.01. The van der Waals surface area contributed by atoms with Crippen molar-refractivity contribution in [2.75, 3.05) is 7.11 Å². The number of ketones is 1. The van der Waals surface area contributed by atoms with Crippen molar-refractivity contribution in [3.8, 4) is 0 Å². The zero-order valence-corrected chi connectivity index (χ0v) is 11.0. The summed E-state index contributed by atoms with van der Waals surface area (Å²) in [7, 11) is 1.28. The van der Waals surface area contributed by atoms with Crippen LogP contribution in [-0.2, 0) is 10.6 Å². The van der Waals surface area contributed by atoms with Gasteiger partial charge in [0.25, 0.3) is 0 Å². The topological polar surface area (TPSA) is 43.4 Å². The van der Waals surface area contributed by atoms with Gasteiger partial charge in [0.05, 0.1) is 18.1 Å². The van der Waals surface area contributed by atoms with Gasteiger partial charge in [-0.25, -0.2) is 4.79 Å². The molecule has 1 unspecified atom stereocenters. The van der Waals surface area contributed by atoms with Crippen molar-refractivity contribution in [2.24, 2.45) is 0 Å². The predicted octanol–water partition coefficient (Wildman–Crippen LogP) is 3.02. The number of methoxy groups -OCH3 is 1. The molecule has 0 spiro atoms. The van der Waals surface area contributed by atoms with Gasteiger partial charge in [-0.05, 0) is 24.6 Å².